The van der Waals surface area contributed by atoms with E-state index in [1.165, 1.54) is 24.8 Å². The minimum atomic E-state index is 0.148. The summed E-state index contributed by atoms with van der Waals surface area (Å²) in [5.74, 6) is 0.655. The van der Waals surface area contributed by atoms with Crippen LogP contribution >= 0.6 is 11.6 Å². The Labute approximate surface area is 127 Å². The lowest BCUT2D eigenvalue weighted by molar-refractivity contribution is 0.0649. The molecule has 0 atom stereocenters. The summed E-state index contributed by atoms with van der Waals surface area (Å²) in [5, 5.41) is 0. The summed E-state index contributed by atoms with van der Waals surface area (Å²) < 4.78 is 0. The van der Waals surface area contributed by atoms with E-state index in [1.54, 1.807) is 0 Å². The van der Waals surface area contributed by atoms with Crippen LogP contribution in [0.25, 0.3) is 0 Å². The summed E-state index contributed by atoms with van der Waals surface area (Å²) in [4.78, 5) is 14.8. The minimum Gasteiger partial charge on any atom is -0.334 e. The van der Waals surface area contributed by atoms with E-state index in [9.17, 15) is 4.79 Å². The van der Waals surface area contributed by atoms with E-state index in [1.807, 2.05) is 24.0 Å². The zero-order valence-electron chi connectivity index (χ0n) is 12.5. The lowest BCUT2D eigenvalue weighted by Gasteiger charge is -2.34. The van der Waals surface area contributed by atoms with Crippen LogP contribution in [-0.4, -0.2) is 29.3 Å². The minimum absolute atomic E-state index is 0.148. The predicted molar refractivity (Wildman–Crippen MR) is 84.5 cm³/mol. The smallest absolute Gasteiger partial charge is 0.254 e. The molecule has 0 saturated heterocycles. The molecule has 2 nitrogen and oxygen atoms in total. The van der Waals surface area contributed by atoms with Gasteiger partial charge < -0.3 is 4.90 Å². The summed E-state index contributed by atoms with van der Waals surface area (Å²) in [6.45, 7) is 4.72. The molecule has 1 aromatic rings. The van der Waals surface area contributed by atoms with Gasteiger partial charge in [0.15, 0.2) is 0 Å². The number of carbonyl (C=O) groups excluding carboxylic acids is 1. The van der Waals surface area contributed by atoms with Crippen LogP contribution in [0.3, 0.4) is 0 Å². The van der Waals surface area contributed by atoms with Crippen LogP contribution in [0.5, 0.6) is 0 Å². The summed E-state index contributed by atoms with van der Waals surface area (Å²) in [6.07, 6.45) is 5.98. The van der Waals surface area contributed by atoms with Crippen LogP contribution in [0.4, 0.5) is 0 Å². The Morgan fingerprint density at radius 3 is 2.55 bits per heavy atom. The fourth-order valence-electron chi connectivity index (χ4n) is 3.14. The molecule has 1 amide bonds. The van der Waals surface area contributed by atoms with Gasteiger partial charge in [-0.05, 0) is 38.3 Å². The highest BCUT2D eigenvalue weighted by molar-refractivity contribution is 6.18. The molecule has 1 saturated carbocycles. The molecule has 20 heavy (non-hydrogen) atoms. The monoisotopic (exact) mass is 293 g/mol. The van der Waals surface area contributed by atoms with Crippen molar-refractivity contribution in [2.24, 2.45) is 0 Å². The number of nitrogens with zero attached hydrogens (tertiary/aromatic N) is 1. The van der Waals surface area contributed by atoms with Crippen molar-refractivity contribution in [2.75, 3.05) is 12.4 Å². The second-order valence-electron chi connectivity index (χ2n) is 5.80. The van der Waals surface area contributed by atoms with Crippen LogP contribution in [0.2, 0.25) is 0 Å². The molecule has 2 rings (SSSR count). The zero-order chi connectivity index (χ0) is 14.5. The molecule has 0 heterocycles. The number of aryl methyl sites for hydroxylation is 2. The molecule has 0 radical (unpaired) electrons. The molecule has 1 fully saturated rings. The number of amides is 1. The highest BCUT2D eigenvalue weighted by Crippen LogP contribution is 2.25. The average Bonchev–Trinajstić information content (AvgIpc) is 2.45. The Kier molecular flexibility index (Phi) is 5.47. The first-order valence-corrected chi connectivity index (χ1v) is 8.11. The molecule has 0 N–H and O–H groups in total. The maximum Gasteiger partial charge on any atom is 0.254 e. The maximum atomic E-state index is 12.8. The van der Waals surface area contributed by atoms with Crippen molar-refractivity contribution in [3.63, 3.8) is 0 Å². The molecule has 1 aromatic carbocycles. The predicted octanol–water partition coefficient (Wildman–Crippen LogP) is 4.32. The van der Waals surface area contributed by atoms with Gasteiger partial charge in [-0.3, -0.25) is 4.79 Å². The Morgan fingerprint density at radius 2 is 1.95 bits per heavy atom. The number of alkyl halides is 1. The molecule has 3 heteroatoms. The Bertz CT molecular complexity index is 466. The molecular weight excluding hydrogens is 270 g/mol. The van der Waals surface area contributed by atoms with E-state index in [0.29, 0.717) is 18.5 Å². The third-order valence-corrected chi connectivity index (χ3v) is 4.38. The van der Waals surface area contributed by atoms with Crippen molar-refractivity contribution < 1.29 is 4.79 Å². The van der Waals surface area contributed by atoms with E-state index in [-0.39, 0.29) is 5.91 Å². The van der Waals surface area contributed by atoms with E-state index in [4.69, 9.17) is 11.6 Å². The molecule has 0 unspecified atom stereocenters. The zero-order valence-corrected chi connectivity index (χ0v) is 13.2. The summed E-state index contributed by atoms with van der Waals surface area (Å²) in [5.41, 5.74) is 3.08. The first-order valence-electron chi connectivity index (χ1n) is 7.57. The molecule has 0 spiro atoms. The van der Waals surface area contributed by atoms with Gasteiger partial charge in [-0.15, -0.1) is 11.6 Å². The van der Waals surface area contributed by atoms with E-state index < -0.39 is 0 Å². The number of rotatable bonds is 4. The normalized spacial score (nSPS) is 16.1. The third kappa shape index (κ3) is 3.54. The van der Waals surface area contributed by atoms with Crippen LogP contribution in [0, 0.1) is 13.8 Å². The van der Waals surface area contributed by atoms with Crippen LogP contribution in [-0.2, 0) is 0 Å². The van der Waals surface area contributed by atoms with Gasteiger partial charge in [0.2, 0.25) is 0 Å². The average molecular weight is 294 g/mol. The van der Waals surface area contributed by atoms with E-state index >= 15 is 0 Å². The quantitative estimate of drug-likeness (QED) is 0.757. The number of hydrogen-bond acceptors (Lipinski definition) is 1. The summed E-state index contributed by atoms with van der Waals surface area (Å²) >= 11 is 5.92. The number of benzene rings is 1. The van der Waals surface area contributed by atoms with Gasteiger partial charge in [0.05, 0.1) is 0 Å². The van der Waals surface area contributed by atoms with Crippen molar-refractivity contribution in [3.05, 3.63) is 34.9 Å². The molecule has 1 aliphatic carbocycles. The van der Waals surface area contributed by atoms with Crippen molar-refractivity contribution in [3.8, 4) is 0 Å². The molecule has 0 aromatic heterocycles. The first-order chi connectivity index (χ1) is 9.63. The van der Waals surface area contributed by atoms with Gasteiger partial charge >= 0.3 is 0 Å². The highest BCUT2D eigenvalue weighted by Gasteiger charge is 2.26. The molecule has 110 valence electrons. The lowest BCUT2D eigenvalue weighted by atomic mass is 9.93. The highest BCUT2D eigenvalue weighted by atomic mass is 35.5. The second-order valence-corrected chi connectivity index (χ2v) is 6.18. The van der Waals surface area contributed by atoms with Crippen molar-refractivity contribution >= 4 is 17.5 Å². The first kappa shape index (κ1) is 15.4. The van der Waals surface area contributed by atoms with Gasteiger partial charge in [-0.2, -0.15) is 0 Å². The standard InChI is InChI=1S/C17H24ClNO/c1-13-8-9-16(14(2)12-13)17(20)19(11-10-18)15-6-4-3-5-7-15/h8-9,12,15H,3-7,10-11H2,1-2H3. The van der Waals surface area contributed by atoms with Crippen LogP contribution in [0.1, 0.15) is 53.6 Å². The lowest BCUT2D eigenvalue weighted by Crippen LogP contribution is -2.42. The van der Waals surface area contributed by atoms with Gasteiger partial charge in [0.1, 0.15) is 0 Å². The maximum absolute atomic E-state index is 12.8. The molecular formula is C17H24ClNO. The summed E-state index contributed by atoms with van der Waals surface area (Å²) in [7, 11) is 0. The number of hydrogen-bond donors (Lipinski definition) is 0. The van der Waals surface area contributed by atoms with Crippen molar-refractivity contribution in [2.45, 2.75) is 52.0 Å². The second kappa shape index (κ2) is 7.12. The molecule has 0 bridgehead atoms. The number of carbonyl (C=O) groups is 1. The van der Waals surface area contributed by atoms with Crippen LogP contribution < -0.4 is 0 Å². The fraction of sp³-hybridized carbons (Fsp3) is 0.588. The topological polar surface area (TPSA) is 20.3 Å². The number of halogens is 1. The van der Waals surface area contributed by atoms with Gasteiger partial charge in [0, 0.05) is 24.0 Å². The Balaban J connectivity index is 2.21. The summed E-state index contributed by atoms with van der Waals surface area (Å²) in [6, 6.07) is 6.42. The van der Waals surface area contributed by atoms with E-state index in [2.05, 4.69) is 13.0 Å². The van der Waals surface area contributed by atoms with Gasteiger partial charge in [-0.25, -0.2) is 0 Å². The Hall–Kier alpha value is -1.02. The van der Waals surface area contributed by atoms with Crippen LogP contribution in [0.15, 0.2) is 18.2 Å². The largest absolute Gasteiger partial charge is 0.334 e. The van der Waals surface area contributed by atoms with Crippen molar-refractivity contribution in [1.29, 1.82) is 0 Å². The van der Waals surface area contributed by atoms with Crippen molar-refractivity contribution in [1.82, 2.24) is 4.90 Å². The van der Waals surface area contributed by atoms with Gasteiger partial charge in [0.25, 0.3) is 5.91 Å². The van der Waals surface area contributed by atoms with E-state index in [0.717, 1.165) is 24.0 Å². The Morgan fingerprint density at radius 1 is 1.25 bits per heavy atom. The third-order valence-electron chi connectivity index (χ3n) is 4.21. The molecule has 0 aliphatic heterocycles. The molecule has 1 aliphatic rings. The SMILES string of the molecule is Cc1ccc(C(=O)N(CCCl)C2CCCCC2)c(C)c1. The fourth-order valence-corrected chi connectivity index (χ4v) is 3.32. The van der Waals surface area contributed by atoms with Gasteiger partial charge in [-0.1, -0.05) is 37.0 Å².